The number of rotatable bonds is 1. The van der Waals surface area contributed by atoms with Crippen molar-refractivity contribution in [1.29, 1.82) is 0 Å². The van der Waals surface area contributed by atoms with Gasteiger partial charge in [-0.25, -0.2) is 4.39 Å². The molecule has 0 aromatic heterocycles. The van der Waals surface area contributed by atoms with E-state index in [9.17, 15) is 4.39 Å². The molecular formula is C16H13BrClFO2. The summed E-state index contributed by atoms with van der Waals surface area (Å²) < 4.78 is 26.2. The maximum absolute atomic E-state index is 13.9. The lowest BCUT2D eigenvalue weighted by molar-refractivity contribution is -0.0244. The van der Waals surface area contributed by atoms with E-state index in [1.54, 1.807) is 19.1 Å². The first-order chi connectivity index (χ1) is 9.99. The minimum Gasteiger partial charge on any atom is -0.443 e. The van der Waals surface area contributed by atoms with Crippen molar-refractivity contribution in [1.82, 2.24) is 0 Å². The van der Waals surface area contributed by atoms with Gasteiger partial charge in [0, 0.05) is 17.5 Å². The minimum absolute atomic E-state index is 0.130. The van der Waals surface area contributed by atoms with E-state index in [2.05, 4.69) is 15.9 Å². The van der Waals surface area contributed by atoms with Crippen molar-refractivity contribution < 1.29 is 13.9 Å². The molecule has 0 saturated heterocycles. The van der Waals surface area contributed by atoms with E-state index in [1.807, 2.05) is 18.2 Å². The molecule has 5 heteroatoms. The number of hydrogen-bond acceptors (Lipinski definition) is 2. The van der Waals surface area contributed by atoms with Crippen LogP contribution >= 0.6 is 27.5 Å². The molecule has 0 spiro atoms. The Bertz CT molecular complexity index is 648. The molecule has 1 atom stereocenters. The van der Waals surface area contributed by atoms with Gasteiger partial charge in [-0.2, -0.15) is 0 Å². The Labute approximate surface area is 136 Å². The van der Waals surface area contributed by atoms with E-state index in [0.717, 1.165) is 18.4 Å². The molecule has 0 radical (unpaired) electrons. The van der Waals surface area contributed by atoms with Gasteiger partial charge < -0.3 is 9.47 Å². The molecule has 1 unspecified atom stereocenters. The highest BCUT2D eigenvalue weighted by molar-refractivity contribution is 9.10. The van der Waals surface area contributed by atoms with Crippen LogP contribution in [0.25, 0.3) is 0 Å². The standard InChI is InChI=1S/C16H13BrClFO2/c1-16(10-4-2-3-5-11(18)7-6-10)20-14-12(17)8-9-13(19)15(14)21-16/h4-9H,2-3H2,1H3/b7-6?,10-4?,11-5-. The van der Waals surface area contributed by atoms with Crippen LogP contribution in [-0.4, -0.2) is 5.79 Å². The average molecular weight is 372 g/mol. The largest absolute Gasteiger partial charge is 0.443 e. The predicted molar refractivity (Wildman–Crippen MR) is 84.2 cm³/mol. The lowest BCUT2D eigenvalue weighted by Crippen LogP contribution is -2.36. The first-order valence-electron chi connectivity index (χ1n) is 6.60. The third-order valence-electron chi connectivity index (χ3n) is 3.43. The quantitative estimate of drug-likeness (QED) is 0.651. The van der Waals surface area contributed by atoms with Crippen molar-refractivity contribution in [2.45, 2.75) is 25.6 Å². The molecule has 0 amide bonds. The van der Waals surface area contributed by atoms with Crippen LogP contribution in [0.3, 0.4) is 0 Å². The number of fused-ring (bicyclic) bond motifs is 1. The van der Waals surface area contributed by atoms with Crippen LogP contribution in [0.2, 0.25) is 0 Å². The molecule has 1 aromatic rings. The number of ether oxygens (including phenoxy) is 2. The van der Waals surface area contributed by atoms with Gasteiger partial charge in [0.05, 0.1) is 4.47 Å². The SMILES string of the molecule is CC1(C2=CCC/C=C(\Cl)C=C2)Oc2c(F)ccc(Br)c2O1. The summed E-state index contributed by atoms with van der Waals surface area (Å²) in [7, 11) is 0. The second-order valence-corrected chi connectivity index (χ2v) is 6.29. The molecule has 2 aliphatic rings. The zero-order valence-electron chi connectivity index (χ0n) is 11.3. The molecule has 2 nitrogen and oxygen atoms in total. The monoisotopic (exact) mass is 370 g/mol. The number of hydrogen-bond donors (Lipinski definition) is 0. The lowest BCUT2D eigenvalue weighted by Gasteiger charge is -2.25. The predicted octanol–water partition coefficient (Wildman–Crippen LogP) is 5.47. The highest BCUT2D eigenvalue weighted by atomic mass is 79.9. The van der Waals surface area contributed by atoms with E-state index in [4.69, 9.17) is 21.1 Å². The fourth-order valence-electron chi connectivity index (χ4n) is 2.34. The molecule has 0 saturated carbocycles. The minimum atomic E-state index is -1.06. The maximum Gasteiger partial charge on any atom is 0.275 e. The third kappa shape index (κ3) is 2.74. The molecule has 1 aromatic carbocycles. The van der Waals surface area contributed by atoms with Crippen molar-refractivity contribution in [2.24, 2.45) is 0 Å². The molecule has 110 valence electrons. The Kier molecular flexibility index (Phi) is 3.84. The smallest absolute Gasteiger partial charge is 0.275 e. The lowest BCUT2D eigenvalue weighted by atomic mass is 10.0. The molecule has 0 fully saturated rings. The Morgan fingerprint density at radius 3 is 2.62 bits per heavy atom. The van der Waals surface area contributed by atoms with E-state index in [-0.39, 0.29) is 5.75 Å². The number of halogens is 3. The third-order valence-corrected chi connectivity index (χ3v) is 4.33. The summed E-state index contributed by atoms with van der Waals surface area (Å²) in [6, 6.07) is 2.95. The zero-order chi connectivity index (χ0) is 15.0. The van der Waals surface area contributed by atoms with Crippen LogP contribution in [0.1, 0.15) is 19.8 Å². The Hall–Kier alpha value is -1.26. The first kappa shape index (κ1) is 14.7. The van der Waals surface area contributed by atoms with Gasteiger partial charge in [0.25, 0.3) is 5.79 Å². The molecule has 1 aliphatic heterocycles. The van der Waals surface area contributed by atoms with Crippen molar-refractivity contribution in [3.8, 4) is 11.5 Å². The van der Waals surface area contributed by atoms with Gasteiger partial charge >= 0.3 is 0 Å². The molecule has 0 N–H and O–H groups in total. The second kappa shape index (κ2) is 5.50. The fourth-order valence-corrected chi connectivity index (χ4v) is 2.90. The Morgan fingerprint density at radius 2 is 1.86 bits per heavy atom. The van der Waals surface area contributed by atoms with Gasteiger partial charge in [0.2, 0.25) is 5.75 Å². The molecule has 0 bridgehead atoms. The highest BCUT2D eigenvalue weighted by Gasteiger charge is 2.42. The van der Waals surface area contributed by atoms with Gasteiger partial charge in [-0.3, -0.25) is 0 Å². The van der Waals surface area contributed by atoms with Gasteiger partial charge in [0.15, 0.2) is 11.6 Å². The van der Waals surface area contributed by atoms with Crippen LogP contribution in [0.5, 0.6) is 11.5 Å². The summed E-state index contributed by atoms with van der Waals surface area (Å²) >= 11 is 9.40. The summed E-state index contributed by atoms with van der Waals surface area (Å²) in [6.07, 6.45) is 9.27. The summed E-state index contributed by atoms with van der Waals surface area (Å²) in [4.78, 5) is 0. The highest BCUT2D eigenvalue weighted by Crippen LogP contribution is 2.48. The van der Waals surface area contributed by atoms with Gasteiger partial charge in [-0.1, -0.05) is 29.8 Å². The Morgan fingerprint density at radius 1 is 1.14 bits per heavy atom. The van der Waals surface area contributed by atoms with Gasteiger partial charge in [-0.15, -0.1) is 0 Å². The van der Waals surface area contributed by atoms with Crippen LogP contribution < -0.4 is 9.47 Å². The summed E-state index contributed by atoms with van der Waals surface area (Å²) in [5.41, 5.74) is 0.816. The van der Waals surface area contributed by atoms with Crippen molar-refractivity contribution in [2.75, 3.05) is 0 Å². The molecule has 1 heterocycles. The number of allylic oxidation sites excluding steroid dienone is 4. The topological polar surface area (TPSA) is 18.5 Å². The average Bonchev–Trinajstić information content (AvgIpc) is 2.79. The van der Waals surface area contributed by atoms with E-state index >= 15 is 0 Å². The van der Waals surface area contributed by atoms with E-state index in [0.29, 0.717) is 15.3 Å². The summed E-state index contributed by atoms with van der Waals surface area (Å²) in [6.45, 7) is 1.77. The van der Waals surface area contributed by atoms with Crippen molar-refractivity contribution in [3.05, 3.63) is 57.3 Å². The summed E-state index contributed by atoms with van der Waals surface area (Å²) in [5.74, 6) is -0.983. The zero-order valence-corrected chi connectivity index (χ0v) is 13.7. The first-order valence-corrected chi connectivity index (χ1v) is 7.77. The van der Waals surface area contributed by atoms with Gasteiger partial charge in [0.1, 0.15) is 0 Å². The van der Waals surface area contributed by atoms with E-state index in [1.165, 1.54) is 6.07 Å². The molecule has 21 heavy (non-hydrogen) atoms. The van der Waals surface area contributed by atoms with Crippen LogP contribution in [0, 0.1) is 5.82 Å². The normalized spacial score (nSPS) is 26.7. The number of benzene rings is 1. The van der Waals surface area contributed by atoms with Crippen LogP contribution in [0.15, 0.2) is 51.5 Å². The van der Waals surface area contributed by atoms with Gasteiger partial charge in [-0.05, 0) is 47.0 Å². The maximum atomic E-state index is 13.9. The van der Waals surface area contributed by atoms with Crippen LogP contribution in [-0.2, 0) is 0 Å². The van der Waals surface area contributed by atoms with Crippen molar-refractivity contribution in [3.63, 3.8) is 0 Å². The van der Waals surface area contributed by atoms with E-state index < -0.39 is 11.6 Å². The molecule has 3 rings (SSSR count). The summed E-state index contributed by atoms with van der Waals surface area (Å²) in [5, 5.41) is 0.673. The van der Waals surface area contributed by atoms with Crippen LogP contribution in [0.4, 0.5) is 4.39 Å². The second-order valence-electron chi connectivity index (χ2n) is 5.00. The molecular weight excluding hydrogens is 359 g/mol. The fraction of sp³-hybridized carbons (Fsp3) is 0.250. The van der Waals surface area contributed by atoms with Crippen molar-refractivity contribution >= 4 is 27.5 Å². The Balaban J connectivity index is 1.98. The molecule has 1 aliphatic carbocycles.